The first-order valence-corrected chi connectivity index (χ1v) is 8.52. The number of hydrogen-bond acceptors (Lipinski definition) is 4. The predicted octanol–water partition coefficient (Wildman–Crippen LogP) is 2.91. The van der Waals surface area contributed by atoms with Gasteiger partial charge in [0, 0.05) is 37.1 Å². The molecule has 1 saturated heterocycles. The summed E-state index contributed by atoms with van der Waals surface area (Å²) in [7, 11) is 0. The van der Waals surface area contributed by atoms with Crippen molar-refractivity contribution in [1.29, 1.82) is 0 Å². The lowest BCUT2D eigenvalue weighted by atomic mass is 10.00. The van der Waals surface area contributed by atoms with Crippen LogP contribution in [-0.2, 0) is 6.42 Å². The maximum absolute atomic E-state index is 6.19. The normalized spacial score (nSPS) is 21.6. The van der Waals surface area contributed by atoms with Crippen molar-refractivity contribution in [3.63, 3.8) is 0 Å². The Morgan fingerprint density at radius 1 is 1.55 bits per heavy atom. The summed E-state index contributed by atoms with van der Waals surface area (Å²) in [4.78, 5) is 8.43. The molecule has 1 aliphatic heterocycles. The van der Waals surface area contributed by atoms with E-state index in [-0.39, 0.29) is 6.04 Å². The van der Waals surface area contributed by atoms with Crippen LogP contribution in [-0.4, -0.2) is 28.5 Å². The first kappa shape index (κ1) is 13.9. The number of hydrogen-bond donors (Lipinski definition) is 1. The highest BCUT2D eigenvalue weighted by Crippen LogP contribution is 2.29. The first-order chi connectivity index (χ1) is 9.69. The third kappa shape index (κ3) is 2.56. The molecule has 110 valence electrons. The van der Waals surface area contributed by atoms with Crippen LogP contribution in [0.4, 0.5) is 5.82 Å². The van der Waals surface area contributed by atoms with Crippen LogP contribution in [0.25, 0.3) is 4.96 Å². The minimum atomic E-state index is 0.218. The minimum Gasteiger partial charge on any atom is -0.355 e. The van der Waals surface area contributed by atoms with Crippen LogP contribution in [0.1, 0.15) is 38.8 Å². The smallest absolute Gasteiger partial charge is 0.195 e. The van der Waals surface area contributed by atoms with Gasteiger partial charge in [-0.15, -0.1) is 11.3 Å². The number of rotatable bonds is 4. The molecule has 1 fully saturated rings. The summed E-state index contributed by atoms with van der Waals surface area (Å²) in [5, 5.41) is 2.10. The van der Waals surface area contributed by atoms with Crippen molar-refractivity contribution < 1.29 is 0 Å². The molecule has 0 bridgehead atoms. The highest BCUT2D eigenvalue weighted by Gasteiger charge is 2.24. The monoisotopic (exact) mass is 292 g/mol. The molecule has 3 heterocycles. The number of nitrogens with zero attached hydrogens (tertiary/aromatic N) is 3. The van der Waals surface area contributed by atoms with Crippen LogP contribution in [0.2, 0.25) is 0 Å². The minimum absolute atomic E-state index is 0.218. The summed E-state index contributed by atoms with van der Waals surface area (Å²) >= 11 is 1.71. The van der Waals surface area contributed by atoms with Crippen LogP contribution >= 0.6 is 11.3 Å². The van der Waals surface area contributed by atoms with E-state index in [2.05, 4.69) is 34.7 Å². The van der Waals surface area contributed by atoms with Gasteiger partial charge in [-0.1, -0.05) is 13.8 Å². The topological polar surface area (TPSA) is 46.6 Å². The molecule has 0 amide bonds. The van der Waals surface area contributed by atoms with Gasteiger partial charge >= 0.3 is 0 Å². The molecule has 3 rings (SSSR count). The third-order valence-electron chi connectivity index (χ3n) is 4.28. The van der Waals surface area contributed by atoms with E-state index in [1.807, 2.05) is 0 Å². The number of aromatic nitrogens is 2. The van der Waals surface area contributed by atoms with Gasteiger partial charge < -0.3 is 10.6 Å². The van der Waals surface area contributed by atoms with E-state index in [1.54, 1.807) is 11.3 Å². The highest BCUT2D eigenvalue weighted by atomic mass is 32.1. The van der Waals surface area contributed by atoms with E-state index in [0.717, 1.165) is 36.8 Å². The Morgan fingerprint density at radius 2 is 2.40 bits per heavy atom. The van der Waals surface area contributed by atoms with Crippen molar-refractivity contribution in [1.82, 2.24) is 9.38 Å². The second-order valence-corrected chi connectivity index (χ2v) is 6.88. The van der Waals surface area contributed by atoms with Crippen LogP contribution in [0.15, 0.2) is 11.6 Å². The van der Waals surface area contributed by atoms with Gasteiger partial charge in [0.2, 0.25) is 0 Å². The SMILES string of the molecule is CCC(N)Cc1c(N2CCCC(C)C2)nc2sccn12. The summed E-state index contributed by atoms with van der Waals surface area (Å²) in [5.41, 5.74) is 7.49. The fourth-order valence-corrected chi connectivity index (χ4v) is 3.77. The van der Waals surface area contributed by atoms with E-state index < -0.39 is 0 Å². The molecule has 0 spiro atoms. The van der Waals surface area contributed by atoms with Gasteiger partial charge in [0.05, 0.1) is 5.69 Å². The Kier molecular flexibility index (Phi) is 3.98. The zero-order chi connectivity index (χ0) is 14.1. The lowest BCUT2D eigenvalue weighted by Gasteiger charge is -2.32. The molecule has 0 aliphatic carbocycles. The van der Waals surface area contributed by atoms with Crippen LogP contribution < -0.4 is 10.6 Å². The summed E-state index contributed by atoms with van der Waals surface area (Å²) < 4.78 is 2.23. The Hall–Kier alpha value is -1.07. The summed E-state index contributed by atoms with van der Waals surface area (Å²) in [5.74, 6) is 1.93. The van der Waals surface area contributed by atoms with E-state index in [1.165, 1.54) is 24.4 Å². The Bertz CT molecular complexity index is 573. The van der Waals surface area contributed by atoms with E-state index in [4.69, 9.17) is 10.7 Å². The average molecular weight is 292 g/mol. The zero-order valence-electron chi connectivity index (χ0n) is 12.4. The molecule has 2 atom stereocenters. The molecule has 20 heavy (non-hydrogen) atoms. The summed E-state index contributed by atoms with van der Waals surface area (Å²) in [6.45, 7) is 6.74. The molecule has 0 radical (unpaired) electrons. The van der Waals surface area contributed by atoms with Crippen LogP contribution in [0.3, 0.4) is 0 Å². The lowest BCUT2D eigenvalue weighted by Crippen LogP contribution is -2.35. The molecule has 5 heteroatoms. The molecule has 1 aliphatic rings. The van der Waals surface area contributed by atoms with Crippen LogP contribution in [0.5, 0.6) is 0 Å². The maximum Gasteiger partial charge on any atom is 0.195 e. The molecule has 0 aromatic carbocycles. The van der Waals surface area contributed by atoms with Crippen molar-refractivity contribution in [2.75, 3.05) is 18.0 Å². The largest absolute Gasteiger partial charge is 0.355 e. The number of fused-ring (bicyclic) bond motifs is 1. The van der Waals surface area contributed by atoms with Crippen LogP contribution in [0, 0.1) is 5.92 Å². The quantitative estimate of drug-likeness (QED) is 0.942. The number of nitrogens with two attached hydrogens (primary N) is 1. The van der Waals surface area contributed by atoms with Crippen molar-refractivity contribution >= 4 is 22.1 Å². The van der Waals surface area contributed by atoms with E-state index in [0.29, 0.717) is 0 Å². The predicted molar refractivity (Wildman–Crippen MR) is 85.7 cm³/mol. The molecule has 4 nitrogen and oxygen atoms in total. The zero-order valence-corrected chi connectivity index (χ0v) is 13.2. The maximum atomic E-state index is 6.19. The average Bonchev–Trinajstić information content (AvgIpc) is 3.01. The second-order valence-electron chi connectivity index (χ2n) is 6.00. The fourth-order valence-electron chi connectivity index (χ4n) is 3.04. The third-order valence-corrected chi connectivity index (χ3v) is 5.03. The first-order valence-electron chi connectivity index (χ1n) is 7.64. The molecule has 2 aromatic rings. The molecule has 2 aromatic heterocycles. The van der Waals surface area contributed by atoms with Gasteiger partial charge in [-0.25, -0.2) is 4.98 Å². The van der Waals surface area contributed by atoms with E-state index in [9.17, 15) is 0 Å². The van der Waals surface area contributed by atoms with Crippen molar-refractivity contribution in [3.05, 3.63) is 17.3 Å². The lowest BCUT2D eigenvalue weighted by molar-refractivity contribution is 0.443. The second kappa shape index (κ2) is 5.74. The van der Waals surface area contributed by atoms with Gasteiger partial charge in [0.15, 0.2) is 10.8 Å². The van der Waals surface area contributed by atoms with Gasteiger partial charge in [0.1, 0.15) is 0 Å². The molecular weight excluding hydrogens is 268 g/mol. The fraction of sp³-hybridized carbons (Fsp3) is 0.667. The Morgan fingerprint density at radius 3 is 3.15 bits per heavy atom. The molecule has 2 unspecified atom stereocenters. The van der Waals surface area contributed by atoms with E-state index >= 15 is 0 Å². The van der Waals surface area contributed by atoms with Gasteiger partial charge in [-0.2, -0.15) is 0 Å². The standard InChI is InChI=1S/C15H24N4S/c1-3-12(16)9-13-14(17-15-19(13)7-8-20-15)18-6-4-5-11(2)10-18/h7-8,11-12H,3-6,9-10,16H2,1-2H3. The van der Waals surface area contributed by atoms with Gasteiger partial charge in [0.25, 0.3) is 0 Å². The van der Waals surface area contributed by atoms with Crippen molar-refractivity contribution in [2.24, 2.45) is 11.7 Å². The van der Waals surface area contributed by atoms with Gasteiger partial charge in [-0.3, -0.25) is 4.40 Å². The molecular formula is C15H24N4S. The van der Waals surface area contributed by atoms with Crippen molar-refractivity contribution in [3.8, 4) is 0 Å². The number of thiazole rings is 1. The molecule has 2 N–H and O–H groups in total. The Labute approximate surface area is 124 Å². The van der Waals surface area contributed by atoms with Crippen molar-refractivity contribution in [2.45, 2.75) is 45.6 Å². The number of anilines is 1. The Balaban J connectivity index is 1.96. The summed E-state index contributed by atoms with van der Waals surface area (Å²) in [6.07, 6.45) is 6.65. The molecule has 0 saturated carbocycles. The van der Waals surface area contributed by atoms with Gasteiger partial charge in [-0.05, 0) is 25.2 Å². The highest BCUT2D eigenvalue weighted by molar-refractivity contribution is 7.15. The summed E-state index contributed by atoms with van der Waals surface area (Å²) in [6, 6.07) is 0.218. The number of imidazole rings is 1. The number of piperidine rings is 1.